The summed E-state index contributed by atoms with van der Waals surface area (Å²) in [5.41, 5.74) is 3.75. The standard InChI is InChI=1S/C13H12N2/c1-3-10-4-5-13-12(7-10)11(8-14)6-9(2)15-13/h4-7H,3H2,1-2H3. The Balaban J connectivity index is 2.81. The molecule has 15 heavy (non-hydrogen) atoms. The second-order valence-corrected chi connectivity index (χ2v) is 3.63. The van der Waals surface area contributed by atoms with E-state index in [-0.39, 0.29) is 0 Å². The molecule has 2 aromatic rings. The Hall–Kier alpha value is -1.88. The van der Waals surface area contributed by atoms with Gasteiger partial charge in [0.2, 0.25) is 0 Å². The molecule has 2 heteroatoms. The van der Waals surface area contributed by atoms with Gasteiger partial charge in [0.25, 0.3) is 0 Å². The van der Waals surface area contributed by atoms with Crippen LogP contribution in [0.25, 0.3) is 10.9 Å². The summed E-state index contributed by atoms with van der Waals surface area (Å²) in [4.78, 5) is 4.41. The maximum atomic E-state index is 9.05. The van der Waals surface area contributed by atoms with Crippen LogP contribution >= 0.6 is 0 Å². The molecule has 1 heterocycles. The summed E-state index contributed by atoms with van der Waals surface area (Å²) < 4.78 is 0. The van der Waals surface area contributed by atoms with E-state index in [2.05, 4.69) is 30.1 Å². The molecule has 2 rings (SSSR count). The van der Waals surface area contributed by atoms with Crippen molar-refractivity contribution in [1.29, 1.82) is 5.26 Å². The van der Waals surface area contributed by atoms with Gasteiger partial charge in [0.05, 0.1) is 17.1 Å². The Morgan fingerprint density at radius 2 is 2.13 bits per heavy atom. The van der Waals surface area contributed by atoms with E-state index in [9.17, 15) is 0 Å². The maximum Gasteiger partial charge on any atom is 0.0999 e. The van der Waals surface area contributed by atoms with E-state index in [0.29, 0.717) is 5.56 Å². The fraction of sp³-hybridized carbons (Fsp3) is 0.231. The molecule has 0 saturated heterocycles. The zero-order valence-corrected chi connectivity index (χ0v) is 8.91. The van der Waals surface area contributed by atoms with Crippen LogP contribution in [0.5, 0.6) is 0 Å². The number of pyridine rings is 1. The second kappa shape index (κ2) is 3.70. The van der Waals surface area contributed by atoms with Gasteiger partial charge in [-0.3, -0.25) is 4.98 Å². The highest BCUT2D eigenvalue weighted by atomic mass is 14.7. The highest BCUT2D eigenvalue weighted by Gasteiger charge is 2.03. The average molecular weight is 196 g/mol. The van der Waals surface area contributed by atoms with Crippen LogP contribution in [0.4, 0.5) is 0 Å². The van der Waals surface area contributed by atoms with Gasteiger partial charge >= 0.3 is 0 Å². The fourth-order valence-electron chi connectivity index (χ4n) is 1.72. The van der Waals surface area contributed by atoms with Gasteiger partial charge in [0, 0.05) is 11.1 Å². The first-order valence-corrected chi connectivity index (χ1v) is 5.05. The largest absolute Gasteiger partial charge is 0.253 e. The number of aryl methyl sites for hydroxylation is 2. The molecule has 0 saturated carbocycles. The molecule has 0 bridgehead atoms. The number of aromatic nitrogens is 1. The normalized spacial score (nSPS) is 10.2. The third-order valence-electron chi connectivity index (χ3n) is 2.53. The molecule has 0 aliphatic carbocycles. The Bertz CT molecular complexity index is 550. The van der Waals surface area contributed by atoms with Gasteiger partial charge in [-0.05, 0) is 37.1 Å². The van der Waals surface area contributed by atoms with Crippen molar-refractivity contribution in [2.24, 2.45) is 0 Å². The Morgan fingerprint density at radius 1 is 1.33 bits per heavy atom. The number of nitriles is 1. The molecule has 0 spiro atoms. The minimum atomic E-state index is 0.716. The monoisotopic (exact) mass is 196 g/mol. The van der Waals surface area contributed by atoms with E-state index >= 15 is 0 Å². The van der Waals surface area contributed by atoms with Crippen LogP contribution in [-0.2, 0) is 6.42 Å². The molecule has 0 amide bonds. The van der Waals surface area contributed by atoms with Crippen molar-refractivity contribution in [3.05, 3.63) is 41.1 Å². The number of nitrogens with zero attached hydrogens (tertiary/aromatic N) is 2. The van der Waals surface area contributed by atoms with Crippen molar-refractivity contribution in [3.8, 4) is 6.07 Å². The van der Waals surface area contributed by atoms with Crippen LogP contribution < -0.4 is 0 Å². The Kier molecular flexibility index (Phi) is 2.39. The van der Waals surface area contributed by atoms with Gasteiger partial charge in [-0.1, -0.05) is 13.0 Å². The molecule has 0 fully saturated rings. The molecule has 0 aliphatic heterocycles. The zero-order chi connectivity index (χ0) is 10.8. The average Bonchev–Trinajstić information content (AvgIpc) is 2.27. The van der Waals surface area contributed by atoms with Gasteiger partial charge in [0.15, 0.2) is 0 Å². The van der Waals surface area contributed by atoms with Crippen molar-refractivity contribution in [2.45, 2.75) is 20.3 Å². The molecular weight excluding hydrogens is 184 g/mol. The van der Waals surface area contributed by atoms with Gasteiger partial charge in [-0.25, -0.2) is 0 Å². The predicted octanol–water partition coefficient (Wildman–Crippen LogP) is 2.98. The van der Waals surface area contributed by atoms with Crippen molar-refractivity contribution in [1.82, 2.24) is 4.98 Å². The van der Waals surface area contributed by atoms with Crippen LogP contribution in [0.1, 0.15) is 23.7 Å². The topological polar surface area (TPSA) is 36.7 Å². The van der Waals surface area contributed by atoms with Crippen molar-refractivity contribution in [2.75, 3.05) is 0 Å². The van der Waals surface area contributed by atoms with Crippen LogP contribution in [-0.4, -0.2) is 4.98 Å². The third kappa shape index (κ3) is 1.69. The first-order valence-electron chi connectivity index (χ1n) is 5.05. The molecule has 2 nitrogen and oxygen atoms in total. The smallest absolute Gasteiger partial charge is 0.0999 e. The Labute approximate surface area is 89.2 Å². The van der Waals surface area contributed by atoms with Crippen LogP contribution in [0.15, 0.2) is 24.3 Å². The van der Waals surface area contributed by atoms with Gasteiger partial charge < -0.3 is 0 Å². The molecule has 1 aromatic heterocycles. The quantitative estimate of drug-likeness (QED) is 0.703. The second-order valence-electron chi connectivity index (χ2n) is 3.63. The summed E-state index contributed by atoms with van der Waals surface area (Å²) in [6.07, 6.45) is 0.981. The minimum absolute atomic E-state index is 0.716. The van der Waals surface area contributed by atoms with E-state index in [0.717, 1.165) is 23.0 Å². The summed E-state index contributed by atoms with van der Waals surface area (Å²) >= 11 is 0. The van der Waals surface area contributed by atoms with E-state index < -0.39 is 0 Å². The number of hydrogen-bond acceptors (Lipinski definition) is 2. The highest BCUT2D eigenvalue weighted by molar-refractivity contribution is 5.85. The first kappa shape index (κ1) is 9.67. The lowest BCUT2D eigenvalue weighted by molar-refractivity contribution is 1.14. The van der Waals surface area contributed by atoms with Crippen LogP contribution in [0, 0.1) is 18.3 Å². The summed E-state index contributed by atoms with van der Waals surface area (Å²) in [5, 5.41) is 10.0. The van der Waals surface area contributed by atoms with Crippen LogP contribution in [0.3, 0.4) is 0 Å². The molecule has 0 radical (unpaired) electrons. The van der Waals surface area contributed by atoms with Gasteiger partial charge in [-0.2, -0.15) is 5.26 Å². The fourth-order valence-corrected chi connectivity index (χ4v) is 1.72. The molecular formula is C13H12N2. The SMILES string of the molecule is CCc1ccc2nc(C)cc(C#N)c2c1. The minimum Gasteiger partial charge on any atom is -0.253 e. The molecule has 0 atom stereocenters. The highest BCUT2D eigenvalue weighted by Crippen LogP contribution is 2.19. The van der Waals surface area contributed by atoms with Gasteiger partial charge in [-0.15, -0.1) is 0 Å². The molecule has 0 unspecified atom stereocenters. The number of benzene rings is 1. The summed E-state index contributed by atoms with van der Waals surface area (Å²) in [6, 6.07) is 10.2. The summed E-state index contributed by atoms with van der Waals surface area (Å²) in [6.45, 7) is 4.02. The number of rotatable bonds is 1. The summed E-state index contributed by atoms with van der Waals surface area (Å²) in [5.74, 6) is 0. The van der Waals surface area contributed by atoms with Crippen molar-refractivity contribution < 1.29 is 0 Å². The number of hydrogen-bond donors (Lipinski definition) is 0. The van der Waals surface area contributed by atoms with Crippen molar-refractivity contribution in [3.63, 3.8) is 0 Å². The lowest BCUT2D eigenvalue weighted by atomic mass is 10.0. The zero-order valence-electron chi connectivity index (χ0n) is 8.91. The summed E-state index contributed by atoms with van der Waals surface area (Å²) in [7, 11) is 0. The van der Waals surface area contributed by atoms with Crippen molar-refractivity contribution >= 4 is 10.9 Å². The van der Waals surface area contributed by atoms with E-state index in [1.54, 1.807) is 0 Å². The van der Waals surface area contributed by atoms with E-state index in [1.807, 2.05) is 19.1 Å². The lowest BCUT2D eigenvalue weighted by Crippen LogP contribution is -1.89. The third-order valence-corrected chi connectivity index (χ3v) is 2.53. The molecule has 0 N–H and O–H groups in total. The Morgan fingerprint density at radius 3 is 2.80 bits per heavy atom. The molecule has 1 aromatic carbocycles. The predicted molar refractivity (Wildman–Crippen MR) is 60.6 cm³/mol. The molecule has 0 aliphatic rings. The first-order chi connectivity index (χ1) is 7.24. The van der Waals surface area contributed by atoms with Crippen LogP contribution in [0.2, 0.25) is 0 Å². The van der Waals surface area contributed by atoms with E-state index in [4.69, 9.17) is 5.26 Å². The van der Waals surface area contributed by atoms with Gasteiger partial charge in [0.1, 0.15) is 0 Å². The number of fused-ring (bicyclic) bond motifs is 1. The molecule has 74 valence electrons. The lowest BCUT2D eigenvalue weighted by Gasteiger charge is -2.03. The van der Waals surface area contributed by atoms with E-state index in [1.165, 1.54) is 5.56 Å². The maximum absolute atomic E-state index is 9.05.